The zero-order valence-corrected chi connectivity index (χ0v) is 12.0. The Morgan fingerprint density at radius 3 is 2.52 bits per heavy atom. The van der Waals surface area contributed by atoms with Crippen molar-refractivity contribution < 1.29 is 17.9 Å². The van der Waals surface area contributed by atoms with E-state index >= 15 is 0 Å². The summed E-state index contributed by atoms with van der Waals surface area (Å²) in [5, 5.41) is 0.224. The Bertz CT molecular complexity index is 644. The van der Waals surface area contributed by atoms with Gasteiger partial charge in [-0.05, 0) is 24.1 Å². The summed E-state index contributed by atoms with van der Waals surface area (Å²) in [7, 11) is 0. The van der Waals surface area contributed by atoms with Gasteiger partial charge in [-0.1, -0.05) is 31.5 Å². The molecule has 0 spiro atoms. The van der Waals surface area contributed by atoms with Gasteiger partial charge in [0, 0.05) is 0 Å². The van der Waals surface area contributed by atoms with Crippen molar-refractivity contribution in [1.82, 2.24) is 9.97 Å². The molecule has 0 fully saturated rings. The van der Waals surface area contributed by atoms with Crippen LogP contribution in [0.3, 0.4) is 0 Å². The van der Waals surface area contributed by atoms with Crippen LogP contribution in [0, 0.1) is 0 Å². The van der Waals surface area contributed by atoms with Crippen LogP contribution in [0.4, 0.5) is 13.2 Å². The van der Waals surface area contributed by atoms with Crippen LogP contribution in [0.1, 0.15) is 30.9 Å². The first-order chi connectivity index (χ1) is 9.79. The number of rotatable bonds is 3. The van der Waals surface area contributed by atoms with Crippen LogP contribution in [-0.4, -0.2) is 9.97 Å². The fraction of sp³-hybridized carbons (Fsp3) is 0.286. The highest BCUT2D eigenvalue weighted by molar-refractivity contribution is 6.30. The first-order valence-corrected chi connectivity index (χ1v) is 6.52. The molecule has 0 aliphatic rings. The summed E-state index contributed by atoms with van der Waals surface area (Å²) in [6.07, 6.45) is -3.22. The topological polar surface area (TPSA) is 35.0 Å². The maximum atomic E-state index is 12.7. The highest BCUT2D eigenvalue weighted by Crippen LogP contribution is 2.35. The second kappa shape index (κ2) is 5.89. The molecule has 7 heteroatoms. The highest BCUT2D eigenvalue weighted by atomic mass is 35.5. The minimum Gasteiger partial charge on any atom is -0.439 e. The Morgan fingerprint density at radius 1 is 1.19 bits per heavy atom. The summed E-state index contributed by atoms with van der Waals surface area (Å²) in [5.41, 5.74) is -0.233. The zero-order valence-electron chi connectivity index (χ0n) is 11.3. The fourth-order valence-corrected chi connectivity index (χ4v) is 2.12. The Balaban J connectivity index is 2.37. The van der Waals surface area contributed by atoms with Gasteiger partial charge in [-0.2, -0.15) is 13.2 Å². The number of nitrogens with zero attached hydrogens (tertiary/aromatic N) is 2. The maximum Gasteiger partial charge on any atom is 0.416 e. The van der Waals surface area contributed by atoms with E-state index in [0.717, 1.165) is 12.1 Å². The van der Waals surface area contributed by atoms with Crippen molar-refractivity contribution in [3.63, 3.8) is 0 Å². The Morgan fingerprint density at radius 2 is 1.90 bits per heavy atom. The van der Waals surface area contributed by atoms with Gasteiger partial charge in [-0.15, -0.1) is 0 Å². The van der Waals surface area contributed by atoms with Gasteiger partial charge in [0.2, 0.25) is 5.88 Å². The van der Waals surface area contributed by atoms with Gasteiger partial charge < -0.3 is 4.74 Å². The average molecular weight is 317 g/mol. The molecule has 0 radical (unpaired) electrons. The number of halogens is 4. The van der Waals surface area contributed by atoms with Crippen LogP contribution < -0.4 is 4.74 Å². The summed E-state index contributed by atoms with van der Waals surface area (Å²) in [5.74, 6) is 0.172. The van der Waals surface area contributed by atoms with E-state index in [1.165, 1.54) is 18.5 Å². The smallest absolute Gasteiger partial charge is 0.416 e. The SMILES string of the molecule is CC(C)c1c(Cl)ncnc1Oc1cccc(C(F)(F)F)c1. The van der Waals surface area contributed by atoms with Crippen molar-refractivity contribution in [1.29, 1.82) is 0 Å². The second-order valence-electron chi connectivity index (χ2n) is 4.67. The second-order valence-corrected chi connectivity index (χ2v) is 5.02. The maximum absolute atomic E-state index is 12.7. The van der Waals surface area contributed by atoms with E-state index in [2.05, 4.69) is 9.97 Å². The minimum atomic E-state index is -4.43. The van der Waals surface area contributed by atoms with E-state index in [-0.39, 0.29) is 22.7 Å². The van der Waals surface area contributed by atoms with Crippen LogP contribution in [0.15, 0.2) is 30.6 Å². The molecule has 0 N–H and O–H groups in total. The third-order valence-corrected chi connectivity index (χ3v) is 3.05. The number of aromatic nitrogens is 2. The monoisotopic (exact) mass is 316 g/mol. The Hall–Kier alpha value is -1.82. The number of hydrogen-bond donors (Lipinski definition) is 0. The van der Waals surface area contributed by atoms with E-state index in [1.54, 1.807) is 0 Å². The lowest BCUT2D eigenvalue weighted by Crippen LogP contribution is -2.05. The van der Waals surface area contributed by atoms with Gasteiger partial charge in [-0.3, -0.25) is 0 Å². The van der Waals surface area contributed by atoms with Gasteiger partial charge in [0.1, 0.15) is 17.2 Å². The van der Waals surface area contributed by atoms with Crippen molar-refractivity contribution in [2.45, 2.75) is 25.9 Å². The third kappa shape index (κ3) is 3.64. The quantitative estimate of drug-likeness (QED) is 0.742. The zero-order chi connectivity index (χ0) is 15.6. The lowest BCUT2D eigenvalue weighted by Gasteiger charge is -2.14. The summed E-state index contributed by atoms with van der Waals surface area (Å²) in [6, 6.07) is 4.59. The molecule has 0 bridgehead atoms. The van der Waals surface area contributed by atoms with Gasteiger partial charge in [0.25, 0.3) is 0 Å². The molecule has 1 aromatic heterocycles. The molecule has 0 aliphatic heterocycles. The van der Waals surface area contributed by atoms with E-state index in [0.29, 0.717) is 5.56 Å². The summed E-state index contributed by atoms with van der Waals surface area (Å²) < 4.78 is 43.5. The molecule has 0 unspecified atom stereocenters. The van der Waals surface area contributed by atoms with Crippen molar-refractivity contribution in [2.24, 2.45) is 0 Å². The summed E-state index contributed by atoms with van der Waals surface area (Å²) >= 11 is 5.98. The number of hydrogen-bond acceptors (Lipinski definition) is 3. The molecule has 2 rings (SSSR count). The van der Waals surface area contributed by atoms with E-state index in [1.807, 2.05) is 13.8 Å². The van der Waals surface area contributed by atoms with Crippen molar-refractivity contribution >= 4 is 11.6 Å². The van der Waals surface area contributed by atoms with Gasteiger partial charge in [-0.25, -0.2) is 9.97 Å². The summed E-state index contributed by atoms with van der Waals surface area (Å²) in [6.45, 7) is 3.73. The highest BCUT2D eigenvalue weighted by Gasteiger charge is 2.30. The third-order valence-electron chi connectivity index (χ3n) is 2.75. The standard InChI is InChI=1S/C14H12ClF3N2O/c1-8(2)11-12(15)19-7-20-13(11)21-10-5-3-4-9(6-10)14(16,17)18/h3-8H,1-2H3. The molecule has 0 amide bonds. The lowest BCUT2D eigenvalue weighted by atomic mass is 10.1. The predicted molar refractivity (Wildman–Crippen MR) is 72.6 cm³/mol. The van der Waals surface area contributed by atoms with Crippen LogP contribution in [-0.2, 0) is 6.18 Å². The minimum absolute atomic E-state index is 0.0282. The molecule has 3 nitrogen and oxygen atoms in total. The molecule has 2 aromatic rings. The molecule has 0 aliphatic carbocycles. The van der Waals surface area contributed by atoms with E-state index in [4.69, 9.17) is 16.3 Å². The summed E-state index contributed by atoms with van der Waals surface area (Å²) in [4.78, 5) is 7.80. The normalized spacial score (nSPS) is 11.8. The van der Waals surface area contributed by atoms with E-state index < -0.39 is 11.7 Å². The number of alkyl halides is 3. The molecule has 0 atom stereocenters. The number of benzene rings is 1. The van der Waals surface area contributed by atoms with Crippen LogP contribution in [0.5, 0.6) is 11.6 Å². The van der Waals surface area contributed by atoms with Gasteiger partial charge in [0.05, 0.1) is 11.1 Å². The first kappa shape index (κ1) is 15.6. The Kier molecular flexibility index (Phi) is 4.37. The van der Waals surface area contributed by atoms with Gasteiger partial charge in [0.15, 0.2) is 0 Å². The van der Waals surface area contributed by atoms with Crippen molar-refractivity contribution in [3.05, 3.63) is 46.9 Å². The van der Waals surface area contributed by atoms with Gasteiger partial charge >= 0.3 is 6.18 Å². The lowest BCUT2D eigenvalue weighted by molar-refractivity contribution is -0.137. The van der Waals surface area contributed by atoms with Crippen LogP contribution in [0.2, 0.25) is 5.15 Å². The fourth-order valence-electron chi connectivity index (χ4n) is 1.77. The van der Waals surface area contributed by atoms with Crippen LogP contribution >= 0.6 is 11.6 Å². The molecular weight excluding hydrogens is 305 g/mol. The average Bonchev–Trinajstić information content (AvgIpc) is 2.37. The predicted octanol–water partition coefficient (Wildman–Crippen LogP) is 5.06. The Labute approximate surface area is 124 Å². The number of ether oxygens (including phenoxy) is 1. The molecule has 1 aromatic carbocycles. The van der Waals surface area contributed by atoms with E-state index in [9.17, 15) is 13.2 Å². The first-order valence-electron chi connectivity index (χ1n) is 6.14. The largest absolute Gasteiger partial charge is 0.439 e. The molecule has 21 heavy (non-hydrogen) atoms. The molecule has 1 heterocycles. The van der Waals surface area contributed by atoms with Crippen LogP contribution in [0.25, 0.3) is 0 Å². The van der Waals surface area contributed by atoms with Crippen molar-refractivity contribution in [2.75, 3.05) is 0 Å². The molecule has 112 valence electrons. The molecule has 0 saturated heterocycles. The molecular formula is C14H12ClF3N2O. The van der Waals surface area contributed by atoms with Crippen molar-refractivity contribution in [3.8, 4) is 11.6 Å². The molecule has 0 saturated carbocycles.